The summed E-state index contributed by atoms with van der Waals surface area (Å²) >= 11 is 0. The molecule has 1 saturated heterocycles. The second-order valence-electron chi connectivity index (χ2n) is 9.03. The van der Waals surface area contributed by atoms with Crippen LogP contribution in [0.4, 0.5) is 0 Å². The van der Waals surface area contributed by atoms with Crippen LogP contribution in [0.15, 0.2) is 48.8 Å². The summed E-state index contributed by atoms with van der Waals surface area (Å²) in [6, 6.07) is 11.6. The van der Waals surface area contributed by atoms with Gasteiger partial charge < -0.3 is 19.3 Å². The first-order valence-corrected chi connectivity index (χ1v) is 11.3. The second kappa shape index (κ2) is 10.1. The van der Waals surface area contributed by atoms with Crippen molar-refractivity contribution in [1.29, 1.82) is 0 Å². The maximum atomic E-state index is 13.4. The van der Waals surface area contributed by atoms with Crippen molar-refractivity contribution in [2.24, 2.45) is 11.8 Å². The summed E-state index contributed by atoms with van der Waals surface area (Å²) in [7, 11) is 0. The van der Waals surface area contributed by atoms with E-state index in [0.29, 0.717) is 45.2 Å². The average molecular weight is 438 g/mol. The van der Waals surface area contributed by atoms with Crippen molar-refractivity contribution < 1.29 is 19.1 Å². The van der Waals surface area contributed by atoms with Crippen LogP contribution in [0.3, 0.4) is 0 Å². The van der Waals surface area contributed by atoms with Gasteiger partial charge >= 0.3 is 0 Å². The average Bonchev–Trinajstić information content (AvgIpc) is 2.95. The first-order valence-electron chi connectivity index (χ1n) is 11.3. The van der Waals surface area contributed by atoms with Crippen LogP contribution in [0.1, 0.15) is 25.0 Å². The lowest BCUT2D eigenvalue weighted by Gasteiger charge is -2.30. The molecule has 0 aliphatic carbocycles. The Balaban J connectivity index is 1.47. The minimum absolute atomic E-state index is 0.0309. The third-order valence-corrected chi connectivity index (χ3v) is 5.86. The lowest BCUT2D eigenvalue weighted by molar-refractivity contribution is -0.142. The van der Waals surface area contributed by atoms with Crippen molar-refractivity contribution >= 4 is 11.8 Å². The Morgan fingerprint density at radius 1 is 1.22 bits per heavy atom. The number of carbonyl (C=O) groups excluding carboxylic acids is 2. The minimum Gasteiger partial charge on any atom is -0.492 e. The number of hydrogen-bond acceptors (Lipinski definition) is 5. The highest BCUT2D eigenvalue weighted by Crippen LogP contribution is 2.28. The van der Waals surface area contributed by atoms with Gasteiger partial charge in [0.15, 0.2) is 0 Å². The summed E-state index contributed by atoms with van der Waals surface area (Å²) in [4.78, 5) is 34.1. The zero-order chi connectivity index (χ0) is 22.5. The highest BCUT2D eigenvalue weighted by atomic mass is 16.5. The molecule has 3 heterocycles. The number of carbonyl (C=O) groups is 2. The summed E-state index contributed by atoms with van der Waals surface area (Å²) in [6.07, 6.45) is 3.86. The Bertz CT molecular complexity index is 934. The lowest BCUT2D eigenvalue weighted by Crippen LogP contribution is -2.45. The quantitative estimate of drug-likeness (QED) is 0.695. The molecule has 2 amide bonds. The summed E-state index contributed by atoms with van der Waals surface area (Å²) in [5.74, 6) is 0.798. The van der Waals surface area contributed by atoms with E-state index in [-0.39, 0.29) is 30.4 Å². The van der Waals surface area contributed by atoms with E-state index in [1.165, 1.54) is 0 Å². The van der Waals surface area contributed by atoms with Crippen LogP contribution in [-0.4, -0.2) is 65.5 Å². The van der Waals surface area contributed by atoms with E-state index in [2.05, 4.69) is 18.8 Å². The molecule has 32 heavy (non-hydrogen) atoms. The van der Waals surface area contributed by atoms with Crippen LogP contribution in [0.25, 0.3) is 0 Å². The lowest BCUT2D eigenvalue weighted by atomic mass is 9.95. The number of amides is 2. The van der Waals surface area contributed by atoms with E-state index in [0.717, 1.165) is 16.9 Å². The van der Waals surface area contributed by atoms with Crippen LogP contribution >= 0.6 is 0 Å². The number of ether oxygens (including phenoxy) is 2. The number of rotatable bonds is 6. The van der Waals surface area contributed by atoms with Gasteiger partial charge in [-0.15, -0.1) is 0 Å². The highest BCUT2D eigenvalue weighted by Gasteiger charge is 2.35. The molecule has 1 aromatic heterocycles. The number of para-hydroxylation sites is 1. The molecular formula is C25H31N3O4. The molecule has 2 aromatic rings. The third kappa shape index (κ3) is 5.46. The first-order chi connectivity index (χ1) is 15.5. The number of hydrogen-bond donors (Lipinski definition) is 0. The fraction of sp³-hybridized carbons (Fsp3) is 0.480. The SMILES string of the molecule is CC(C)CN1C[C@H](OCc2cccnc2)CN(C(=O)[C@H]2COc3ccccc3C2)CC1=O. The second-order valence-corrected chi connectivity index (χ2v) is 9.03. The minimum atomic E-state index is -0.298. The standard InChI is InChI=1S/C25H31N3O4/c1-18(2)12-27-13-22(31-16-19-6-5-9-26-11-19)14-28(15-24(27)29)25(30)21-10-20-7-3-4-8-23(20)32-17-21/h3-9,11,18,21-22H,10,12-17H2,1-2H3/t21-,22+/m1/s1. The van der Waals surface area contributed by atoms with Gasteiger partial charge in [-0.1, -0.05) is 38.1 Å². The molecule has 1 aromatic carbocycles. The fourth-order valence-corrected chi connectivity index (χ4v) is 4.31. The summed E-state index contributed by atoms with van der Waals surface area (Å²) in [5.41, 5.74) is 2.00. The smallest absolute Gasteiger partial charge is 0.242 e. The predicted molar refractivity (Wildman–Crippen MR) is 120 cm³/mol. The van der Waals surface area contributed by atoms with Crippen LogP contribution in [0.2, 0.25) is 0 Å². The van der Waals surface area contributed by atoms with Crippen LogP contribution in [0.5, 0.6) is 5.75 Å². The Morgan fingerprint density at radius 3 is 2.84 bits per heavy atom. The fourth-order valence-electron chi connectivity index (χ4n) is 4.31. The monoisotopic (exact) mass is 437 g/mol. The number of nitrogens with zero attached hydrogens (tertiary/aromatic N) is 3. The molecule has 7 nitrogen and oxygen atoms in total. The summed E-state index contributed by atoms with van der Waals surface area (Å²) < 4.78 is 12.0. The molecule has 7 heteroatoms. The highest BCUT2D eigenvalue weighted by molar-refractivity contribution is 5.87. The number of benzene rings is 1. The van der Waals surface area contributed by atoms with Gasteiger partial charge in [-0.25, -0.2) is 0 Å². The van der Waals surface area contributed by atoms with Gasteiger partial charge in [0, 0.05) is 32.0 Å². The normalized spacial score (nSPS) is 21.2. The Labute approximate surface area is 189 Å². The van der Waals surface area contributed by atoms with Gasteiger partial charge in [0.25, 0.3) is 0 Å². The molecule has 0 saturated carbocycles. The molecule has 2 atom stereocenters. The number of aromatic nitrogens is 1. The largest absolute Gasteiger partial charge is 0.492 e. The van der Waals surface area contributed by atoms with Gasteiger partial charge in [0.05, 0.1) is 25.2 Å². The topological polar surface area (TPSA) is 72.0 Å². The van der Waals surface area contributed by atoms with Crippen molar-refractivity contribution in [2.75, 3.05) is 32.8 Å². The van der Waals surface area contributed by atoms with Crippen LogP contribution < -0.4 is 4.74 Å². The van der Waals surface area contributed by atoms with E-state index in [1.54, 1.807) is 17.3 Å². The molecule has 170 valence electrons. The third-order valence-electron chi connectivity index (χ3n) is 5.86. The zero-order valence-electron chi connectivity index (χ0n) is 18.8. The van der Waals surface area contributed by atoms with Crippen molar-refractivity contribution in [2.45, 2.75) is 33.0 Å². The Kier molecular flexibility index (Phi) is 7.05. The Hall–Kier alpha value is -2.93. The van der Waals surface area contributed by atoms with Crippen LogP contribution in [0, 0.1) is 11.8 Å². The van der Waals surface area contributed by atoms with Crippen molar-refractivity contribution in [1.82, 2.24) is 14.8 Å². The van der Waals surface area contributed by atoms with E-state index in [4.69, 9.17) is 9.47 Å². The molecular weight excluding hydrogens is 406 g/mol. The van der Waals surface area contributed by atoms with Crippen LogP contribution in [-0.2, 0) is 27.4 Å². The number of pyridine rings is 1. The molecule has 0 N–H and O–H groups in total. The molecule has 0 unspecified atom stereocenters. The van der Waals surface area contributed by atoms with E-state index < -0.39 is 0 Å². The van der Waals surface area contributed by atoms with Gasteiger partial charge in [-0.05, 0) is 35.6 Å². The molecule has 2 aliphatic rings. The van der Waals surface area contributed by atoms with E-state index in [9.17, 15) is 9.59 Å². The zero-order valence-corrected chi connectivity index (χ0v) is 18.8. The number of fused-ring (bicyclic) bond motifs is 1. The van der Waals surface area contributed by atoms with E-state index in [1.807, 2.05) is 41.3 Å². The molecule has 0 spiro atoms. The van der Waals surface area contributed by atoms with Gasteiger partial charge in [-0.3, -0.25) is 14.6 Å². The first kappa shape index (κ1) is 22.3. The van der Waals surface area contributed by atoms with Gasteiger partial charge in [-0.2, -0.15) is 0 Å². The molecule has 2 aliphatic heterocycles. The Morgan fingerprint density at radius 2 is 2.06 bits per heavy atom. The van der Waals surface area contributed by atoms with Gasteiger partial charge in [0.2, 0.25) is 11.8 Å². The van der Waals surface area contributed by atoms with Crippen molar-refractivity contribution in [3.8, 4) is 5.75 Å². The van der Waals surface area contributed by atoms with Gasteiger partial charge in [0.1, 0.15) is 12.4 Å². The summed E-state index contributed by atoms with van der Waals surface area (Å²) in [5, 5.41) is 0. The van der Waals surface area contributed by atoms with E-state index >= 15 is 0 Å². The molecule has 1 fully saturated rings. The molecule has 0 radical (unpaired) electrons. The summed E-state index contributed by atoms with van der Waals surface area (Å²) in [6.45, 7) is 6.49. The maximum Gasteiger partial charge on any atom is 0.242 e. The predicted octanol–water partition coefficient (Wildman–Crippen LogP) is 2.54. The molecule has 4 rings (SSSR count). The van der Waals surface area contributed by atoms with Crippen molar-refractivity contribution in [3.05, 3.63) is 59.9 Å². The van der Waals surface area contributed by atoms with Crippen molar-refractivity contribution in [3.63, 3.8) is 0 Å². The molecule has 0 bridgehead atoms. The maximum absolute atomic E-state index is 13.4.